The lowest BCUT2D eigenvalue weighted by Crippen LogP contribution is -2.35. The van der Waals surface area contributed by atoms with E-state index in [1.165, 1.54) is 0 Å². The predicted octanol–water partition coefficient (Wildman–Crippen LogP) is 5.54. The third-order valence-corrected chi connectivity index (χ3v) is 8.50. The SMILES string of the molecule is CCCOc1ccc(C2C3=C(CC(C)(C)CC3=O)OC(N)=C2S(=O)(=O)c2ccc(C)cc2)cc1OCC. The second-order valence-corrected chi connectivity index (χ2v) is 12.3. The van der Waals surface area contributed by atoms with Gasteiger partial charge in [0.1, 0.15) is 10.7 Å². The third kappa shape index (κ3) is 5.25. The molecule has 1 unspecified atom stereocenters. The Bertz CT molecular complexity index is 1370. The molecule has 198 valence electrons. The average Bonchev–Trinajstić information content (AvgIpc) is 2.81. The summed E-state index contributed by atoms with van der Waals surface area (Å²) < 4.78 is 45.7. The van der Waals surface area contributed by atoms with Gasteiger partial charge in [-0.15, -0.1) is 0 Å². The zero-order chi connectivity index (χ0) is 27.0. The lowest BCUT2D eigenvalue weighted by molar-refractivity contribution is -0.119. The molecular weight excluding hydrogens is 490 g/mol. The highest BCUT2D eigenvalue weighted by molar-refractivity contribution is 7.95. The van der Waals surface area contributed by atoms with Crippen LogP contribution in [0.5, 0.6) is 11.5 Å². The molecule has 8 heteroatoms. The number of sulfone groups is 1. The Hall–Kier alpha value is -3.26. The number of hydrogen-bond donors (Lipinski definition) is 1. The fourth-order valence-corrected chi connectivity index (χ4v) is 6.52. The van der Waals surface area contributed by atoms with E-state index < -0.39 is 15.8 Å². The third-order valence-electron chi connectivity index (χ3n) is 6.59. The highest BCUT2D eigenvalue weighted by Crippen LogP contribution is 2.51. The summed E-state index contributed by atoms with van der Waals surface area (Å²) in [7, 11) is -4.11. The standard InChI is InChI=1S/C29H35NO6S/c1-6-14-35-22-13-10-19(15-23(22)34-7-2)25-26-21(31)16-29(4,5)17-24(26)36-28(30)27(25)37(32,33)20-11-8-18(3)9-12-20/h8-13,15,25H,6-7,14,16-17,30H2,1-5H3. The second kappa shape index (κ2) is 10.2. The second-order valence-electron chi connectivity index (χ2n) is 10.3. The number of allylic oxidation sites excluding steroid dienone is 3. The minimum atomic E-state index is -4.11. The number of Topliss-reactive ketones (excluding diaryl/α,β-unsaturated/α-hetero) is 1. The summed E-state index contributed by atoms with van der Waals surface area (Å²) in [4.78, 5) is 13.5. The van der Waals surface area contributed by atoms with Crippen LogP contribution >= 0.6 is 0 Å². The van der Waals surface area contributed by atoms with Gasteiger partial charge in [-0.2, -0.15) is 0 Å². The zero-order valence-electron chi connectivity index (χ0n) is 22.1. The van der Waals surface area contributed by atoms with Crippen molar-refractivity contribution in [1.82, 2.24) is 0 Å². The van der Waals surface area contributed by atoms with Crippen LogP contribution in [0.15, 0.2) is 69.5 Å². The fourth-order valence-electron chi connectivity index (χ4n) is 4.90. The molecule has 0 bridgehead atoms. The number of nitrogens with two attached hydrogens (primary N) is 1. The lowest BCUT2D eigenvalue weighted by atomic mass is 9.72. The van der Waals surface area contributed by atoms with Crippen LogP contribution in [0, 0.1) is 12.3 Å². The largest absolute Gasteiger partial charge is 0.490 e. The first kappa shape index (κ1) is 26.8. The van der Waals surface area contributed by atoms with Crippen LogP contribution in [0.3, 0.4) is 0 Å². The van der Waals surface area contributed by atoms with Gasteiger partial charge in [0, 0.05) is 18.4 Å². The van der Waals surface area contributed by atoms with Gasteiger partial charge in [-0.1, -0.05) is 44.5 Å². The molecule has 2 aromatic rings. The van der Waals surface area contributed by atoms with Crippen LogP contribution in [0.1, 0.15) is 64.0 Å². The van der Waals surface area contributed by atoms with E-state index in [-0.39, 0.29) is 33.3 Å². The van der Waals surface area contributed by atoms with E-state index >= 15 is 0 Å². The topological polar surface area (TPSA) is 105 Å². The van der Waals surface area contributed by atoms with Gasteiger partial charge < -0.3 is 19.9 Å². The number of ether oxygens (including phenoxy) is 3. The van der Waals surface area contributed by atoms with Crippen molar-refractivity contribution in [2.45, 2.75) is 64.7 Å². The van der Waals surface area contributed by atoms with Gasteiger partial charge in [0.2, 0.25) is 15.7 Å². The molecule has 7 nitrogen and oxygen atoms in total. The number of ketones is 1. The molecule has 0 radical (unpaired) electrons. The van der Waals surface area contributed by atoms with E-state index in [9.17, 15) is 13.2 Å². The Morgan fingerprint density at radius 3 is 2.38 bits per heavy atom. The number of rotatable bonds is 8. The maximum absolute atomic E-state index is 14.0. The molecule has 2 aliphatic rings. The lowest BCUT2D eigenvalue weighted by Gasteiger charge is -2.38. The van der Waals surface area contributed by atoms with Crippen LogP contribution in [-0.4, -0.2) is 27.4 Å². The van der Waals surface area contributed by atoms with Gasteiger partial charge in [0.15, 0.2) is 17.3 Å². The summed E-state index contributed by atoms with van der Waals surface area (Å²) in [6.07, 6.45) is 1.57. The molecule has 0 spiro atoms. The number of carbonyl (C=O) groups excluding carboxylic acids is 1. The summed E-state index contributed by atoms with van der Waals surface area (Å²) in [6.45, 7) is 10.6. The Morgan fingerprint density at radius 2 is 1.73 bits per heavy atom. The Kier molecular flexibility index (Phi) is 7.42. The summed E-state index contributed by atoms with van der Waals surface area (Å²) in [6, 6.07) is 11.8. The smallest absolute Gasteiger partial charge is 0.208 e. The van der Waals surface area contributed by atoms with Crippen molar-refractivity contribution in [1.29, 1.82) is 0 Å². The molecule has 1 atom stereocenters. The first-order valence-electron chi connectivity index (χ1n) is 12.6. The first-order chi connectivity index (χ1) is 17.5. The number of hydrogen-bond acceptors (Lipinski definition) is 7. The number of benzene rings is 2. The van der Waals surface area contributed by atoms with Crippen molar-refractivity contribution in [3.63, 3.8) is 0 Å². The summed E-state index contributed by atoms with van der Waals surface area (Å²) in [5, 5.41) is 0. The maximum Gasteiger partial charge on any atom is 0.208 e. The molecule has 2 N–H and O–H groups in total. The molecule has 0 fully saturated rings. The Morgan fingerprint density at radius 1 is 1.03 bits per heavy atom. The van der Waals surface area contributed by atoms with Crippen molar-refractivity contribution in [3.05, 3.63) is 75.7 Å². The van der Waals surface area contributed by atoms with Crippen LogP contribution in [0.4, 0.5) is 0 Å². The van der Waals surface area contributed by atoms with E-state index in [1.54, 1.807) is 42.5 Å². The minimum Gasteiger partial charge on any atom is -0.490 e. The molecule has 1 heterocycles. The molecule has 2 aromatic carbocycles. The van der Waals surface area contributed by atoms with E-state index in [4.69, 9.17) is 19.9 Å². The number of carbonyl (C=O) groups is 1. The van der Waals surface area contributed by atoms with Gasteiger partial charge in [0.05, 0.1) is 24.0 Å². The summed E-state index contributed by atoms with van der Waals surface area (Å²) >= 11 is 0. The normalized spacial score (nSPS) is 19.4. The highest BCUT2D eigenvalue weighted by Gasteiger charge is 2.46. The van der Waals surface area contributed by atoms with Crippen molar-refractivity contribution in [2.75, 3.05) is 13.2 Å². The van der Waals surface area contributed by atoms with Crippen molar-refractivity contribution in [2.24, 2.45) is 11.1 Å². The van der Waals surface area contributed by atoms with Gasteiger partial charge in [-0.25, -0.2) is 8.42 Å². The highest BCUT2D eigenvalue weighted by atomic mass is 32.2. The molecule has 0 saturated carbocycles. The van der Waals surface area contributed by atoms with Crippen molar-refractivity contribution >= 4 is 15.6 Å². The van der Waals surface area contributed by atoms with Gasteiger partial charge in [-0.3, -0.25) is 4.79 Å². The van der Waals surface area contributed by atoms with E-state index in [2.05, 4.69) is 0 Å². The summed E-state index contributed by atoms with van der Waals surface area (Å²) in [5.74, 6) is 0.179. The molecule has 0 aromatic heterocycles. The Balaban J connectivity index is 1.93. The average molecular weight is 526 g/mol. The first-order valence-corrected chi connectivity index (χ1v) is 14.1. The van der Waals surface area contributed by atoms with E-state index in [0.29, 0.717) is 48.0 Å². The minimum absolute atomic E-state index is 0.0882. The van der Waals surface area contributed by atoms with E-state index in [1.807, 2.05) is 34.6 Å². The van der Waals surface area contributed by atoms with Crippen molar-refractivity contribution < 1.29 is 27.4 Å². The van der Waals surface area contributed by atoms with E-state index in [0.717, 1.165) is 12.0 Å². The molecule has 1 aliphatic heterocycles. The van der Waals surface area contributed by atoms with Gasteiger partial charge in [-0.05, 0) is 55.5 Å². The fraction of sp³-hybridized carbons (Fsp3) is 0.414. The molecular formula is C29H35NO6S. The van der Waals surface area contributed by atoms with Crippen LogP contribution < -0.4 is 15.2 Å². The monoisotopic (exact) mass is 525 g/mol. The zero-order valence-corrected chi connectivity index (χ0v) is 22.9. The van der Waals surface area contributed by atoms with Crippen LogP contribution in [0.25, 0.3) is 0 Å². The van der Waals surface area contributed by atoms with Gasteiger partial charge >= 0.3 is 0 Å². The van der Waals surface area contributed by atoms with Crippen molar-refractivity contribution in [3.8, 4) is 11.5 Å². The molecule has 1 aliphatic carbocycles. The number of aryl methyl sites for hydroxylation is 1. The maximum atomic E-state index is 14.0. The summed E-state index contributed by atoms with van der Waals surface area (Å²) in [5.41, 5.74) is 7.88. The van der Waals surface area contributed by atoms with Gasteiger partial charge in [0.25, 0.3) is 0 Å². The predicted molar refractivity (Wildman–Crippen MR) is 142 cm³/mol. The Labute approximate surface area is 219 Å². The molecule has 0 amide bonds. The van der Waals surface area contributed by atoms with Crippen LogP contribution in [-0.2, 0) is 19.4 Å². The van der Waals surface area contributed by atoms with Crippen LogP contribution in [0.2, 0.25) is 0 Å². The molecule has 37 heavy (non-hydrogen) atoms. The molecule has 4 rings (SSSR count). The molecule has 0 saturated heterocycles. The quantitative estimate of drug-likeness (QED) is 0.482.